The van der Waals surface area contributed by atoms with Gasteiger partial charge in [-0.2, -0.15) is 0 Å². The number of aromatic nitrogens is 1. The van der Waals surface area contributed by atoms with Gasteiger partial charge in [-0.05, 0) is 61.0 Å². The van der Waals surface area contributed by atoms with Crippen LogP contribution in [-0.2, 0) is 17.8 Å². The standard InChI is InChI=1S/C25H26FN3O3/c1-3-15-29(25(31)27-22-13-9-20(10-14-22)24(30)32-4-2)18-23-6-5-16-28(23)17-19-7-11-21(26)12-8-19/h3,5-14,16H,1,4,15,17-18H2,2H3,(H,27,31). The summed E-state index contributed by atoms with van der Waals surface area (Å²) in [6.07, 6.45) is 3.59. The van der Waals surface area contributed by atoms with Crippen molar-refractivity contribution in [2.24, 2.45) is 0 Å². The quantitative estimate of drug-likeness (QED) is 0.377. The Morgan fingerprint density at radius 1 is 1.12 bits per heavy atom. The van der Waals surface area contributed by atoms with Crippen molar-refractivity contribution < 1.29 is 18.7 Å². The van der Waals surface area contributed by atoms with Crippen LogP contribution in [0.4, 0.5) is 14.9 Å². The van der Waals surface area contributed by atoms with Crippen LogP contribution >= 0.6 is 0 Å². The number of anilines is 1. The van der Waals surface area contributed by atoms with Gasteiger partial charge in [0, 0.05) is 30.7 Å². The minimum Gasteiger partial charge on any atom is -0.462 e. The average molecular weight is 435 g/mol. The van der Waals surface area contributed by atoms with E-state index in [0.717, 1.165) is 11.3 Å². The molecule has 0 bridgehead atoms. The first-order chi connectivity index (χ1) is 15.5. The number of nitrogens with zero attached hydrogens (tertiary/aromatic N) is 2. The molecule has 0 aliphatic heterocycles. The van der Waals surface area contributed by atoms with E-state index in [-0.39, 0.29) is 11.8 Å². The predicted molar refractivity (Wildman–Crippen MR) is 122 cm³/mol. The van der Waals surface area contributed by atoms with Crippen LogP contribution in [0.25, 0.3) is 0 Å². The molecule has 0 aliphatic carbocycles. The van der Waals surface area contributed by atoms with E-state index >= 15 is 0 Å². The van der Waals surface area contributed by atoms with E-state index in [9.17, 15) is 14.0 Å². The lowest BCUT2D eigenvalue weighted by Gasteiger charge is -2.23. The molecule has 0 saturated heterocycles. The number of ether oxygens (including phenoxy) is 1. The lowest BCUT2D eigenvalue weighted by atomic mass is 10.2. The van der Waals surface area contributed by atoms with Crippen LogP contribution in [0.15, 0.2) is 79.5 Å². The van der Waals surface area contributed by atoms with Gasteiger partial charge in [-0.1, -0.05) is 18.2 Å². The lowest BCUT2D eigenvalue weighted by Crippen LogP contribution is -2.35. The zero-order valence-electron chi connectivity index (χ0n) is 18.0. The summed E-state index contributed by atoms with van der Waals surface area (Å²) in [5, 5.41) is 2.85. The Kier molecular flexibility index (Phi) is 7.80. The largest absolute Gasteiger partial charge is 0.462 e. The third kappa shape index (κ3) is 6.07. The summed E-state index contributed by atoms with van der Waals surface area (Å²) in [5.74, 6) is -0.675. The zero-order chi connectivity index (χ0) is 22.9. The maximum Gasteiger partial charge on any atom is 0.338 e. The molecule has 1 aromatic heterocycles. The Hall–Kier alpha value is -3.87. The molecule has 6 nitrogen and oxygen atoms in total. The summed E-state index contributed by atoms with van der Waals surface area (Å²) in [6, 6.07) is 16.5. The van der Waals surface area contributed by atoms with E-state index in [2.05, 4.69) is 11.9 Å². The highest BCUT2D eigenvalue weighted by Gasteiger charge is 2.15. The Morgan fingerprint density at radius 2 is 1.84 bits per heavy atom. The Balaban J connectivity index is 1.67. The number of hydrogen-bond acceptors (Lipinski definition) is 3. The summed E-state index contributed by atoms with van der Waals surface area (Å²) in [4.78, 5) is 26.3. The molecular weight excluding hydrogens is 409 g/mol. The molecule has 2 aromatic carbocycles. The molecule has 2 amide bonds. The number of carbonyl (C=O) groups is 2. The van der Waals surface area contributed by atoms with Crippen LogP contribution < -0.4 is 5.32 Å². The van der Waals surface area contributed by atoms with Crippen molar-refractivity contribution in [1.82, 2.24) is 9.47 Å². The highest BCUT2D eigenvalue weighted by atomic mass is 19.1. The lowest BCUT2D eigenvalue weighted by molar-refractivity contribution is 0.0526. The van der Waals surface area contributed by atoms with Gasteiger partial charge in [0.25, 0.3) is 0 Å². The van der Waals surface area contributed by atoms with Crippen LogP contribution in [0.1, 0.15) is 28.5 Å². The topological polar surface area (TPSA) is 63.6 Å². The molecule has 3 aromatic rings. The van der Waals surface area contributed by atoms with E-state index < -0.39 is 5.97 Å². The molecule has 0 unspecified atom stereocenters. The Bertz CT molecular complexity index is 1060. The van der Waals surface area contributed by atoms with Crippen molar-refractivity contribution in [2.75, 3.05) is 18.5 Å². The SMILES string of the molecule is C=CCN(Cc1cccn1Cc1ccc(F)cc1)C(=O)Nc1ccc(C(=O)OCC)cc1. The predicted octanol–water partition coefficient (Wildman–Crippen LogP) is 5.07. The normalized spacial score (nSPS) is 10.4. The number of urea groups is 1. The van der Waals surface area contributed by atoms with Gasteiger partial charge in [-0.15, -0.1) is 6.58 Å². The molecule has 0 saturated carbocycles. The maximum atomic E-state index is 13.2. The summed E-state index contributed by atoms with van der Waals surface area (Å²) in [6.45, 7) is 7.09. The number of rotatable bonds is 9. The number of halogens is 1. The summed E-state index contributed by atoms with van der Waals surface area (Å²) >= 11 is 0. The monoisotopic (exact) mass is 435 g/mol. The maximum absolute atomic E-state index is 13.2. The fourth-order valence-electron chi connectivity index (χ4n) is 3.21. The first-order valence-electron chi connectivity index (χ1n) is 10.3. The van der Waals surface area contributed by atoms with Crippen LogP contribution in [0, 0.1) is 5.82 Å². The van der Waals surface area contributed by atoms with Gasteiger partial charge in [0.2, 0.25) is 0 Å². The highest BCUT2D eigenvalue weighted by molar-refractivity contribution is 5.92. The first kappa shape index (κ1) is 22.8. The van der Waals surface area contributed by atoms with Gasteiger partial charge in [0.05, 0.1) is 18.7 Å². The van der Waals surface area contributed by atoms with Crippen molar-refractivity contribution >= 4 is 17.7 Å². The fraction of sp³-hybridized carbons (Fsp3) is 0.200. The van der Waals surface area contributed by atoms with Gasteiger partial charge >= 0.3 is 12.0 Å². The smallest absolute Gasteiger partial charge is 0.338 e. The molecule has 1 heterocycles. The second-order valence-electron chi connectivity index (χ2n) is 7.15. The van der Waals surface area contributed by atoms with Crippen molar-refractivity contribution in [3.63, 3.8) is 0 Å². The molecule has 166 valence electrons. The molecule has 7 heteroatoms. The van der Waals surface area contributed by atoms with Crippen LogP contribution in [-0.4, -0.2) is 34.6 Å². The summed E-state index contributed by atoms with van der Waals surface area (Å²) < 4.78 is 20.2. The van der Waals surface area contributed by atoms with E-state index in [1.54, 1.807) is 54.3 Å². The van der Waals surface area contributed by atoms with Crippen LogP contribution in [0.3, 0.4) is 0 Å². The van der Waals surface area contributed by atoms with Crippen molar-refractivity contribution in [2.45, 2.75) is 20.0 Å². The summed E-state index contributed by atoms with van der Waals surface area (Å²) in [7, 11) is 0. The van der Waals surface area contributed by atoms with E-state index in [1.807, 2.05) is 22.9 Å². The molecule has 0 radical (unpaired) electrons. The highest BCUT2D eigenvalue weighted by Crippen LogP contribution is 2.15. The van der Waals surface area contributed by atoms with Gasteiger partial charge in [0.1, 0.15) is 5.82 Å². The minimum atomic E-state index is -0.402. The molecular formula is C25H26FN3O3. The van der Waals surface area contributed by atoms with E-state index in [4.69, 9.17) is 4.74 Å². The molecule has 0 fully saturated rings. The molecule has 32 heavy (non-hydrogen) atoms. The molecule has 0 atom stereocenters. The molecule has 0 spiro atoms. The fourth-order valence-corrected chi connectivity index (χ4v) is 3.21. The first-order valence-corrected chi connectivity index (χ1v) is 10.3. The Morgan fingerprint density at radius 3 is 2.50 bits per heavy atom. The number of benzene rings is 2. The summed E-state index contributed by atoms with van der Waals surface area (Å²) in [5.41, 5.74) is 2.89. The number of carbonyl (C=O) groups excluding carboxylic acids is 2. The second-order valence-corrected chi connectivity index (χ2v) is 7.15. The molecule has 3 rings (SSSR count). The average Bonchev–Trinajstić information content (AvgIpc) is 3.22. The van der Waals surface area contributed by atoms with Gasteiger partial charge < -0.3 is 19.5 Å². The van der Waals surface area contributed by atoms with Crippen LogP contribution in [0.5, 0.6) is 0 Å². The van der Waals surface area contributed by atoms with Gasteiger partial charge in [0.15, 0.2) is 0 Å². The third-order valence-electron chi connectivity index (χ3n) is 4.83. The van der Waals surface area contributed by atoms with E-state index in [1.165, 1.54) is 12.1 Å². The number of nitrogens with one attached hydrogen (secondary N) is 1. The van der Waals surface area contributed by atoms with Crippen molar-refractivity contribution in [1.29, 1.82) is 0 Å². The minimum absolute atomic E-state index is 0.273. The van der Waals surface area contributed by atoms with E-state index in [0.29, 0.717) is 37.5 Å². The zero-order valence-corrected chi connectivity index (χ0v) is 18.0. The number of hydrogen-bond donors (Lipinski definition) is 1. The number of amides is 2. The second kappa shape index (κ2) is 10.9. The Labute approximate surface area is 186 Å². The molecule has 0 aliphatic rings. The third-order valence-corrected chi connectivity index (χ3v) is 4.83. The molecule has 1 N–H and O–H groups in total. The van der Waals surface area contributed by atoms with Crippen molar-refractivity contribution in [3.8, 4) is 0 Å². The van der Waals surface area contributed by atoms with Crippen LogP contribution in [0.2, 0.25) is 0 Å². The number of esters is 1. The van der Waals surface area contributed by atoms with Crippen molar-refractivity contribution in [3.05, 3.63) is 102 Å². The van der Waals surface area contributed by atoms with Gasteiger partial charge in [-0.25, -0.2) is 14.0 Å². The van der Waals surface area contributed by atoms with Gasteiger partial charge in [-0.3, -0.25) is 0 Å².